The third-order valence-corrected chi connectivity index (χ3v) is 3.50. The minimum atomic E-state index is -4.13. The lowest BCUT2D eigenvalue weighted by atomic mass is 10.9. The van der Waals surface area contributed by atoms with Gasteiger partial charge in [0.1, 0.15) is 0 Å². The van der Waals surface area contributed by atoms with Crippen molar-refractivity contribution in [2.75, 3.05) is 25.6 Å². The van der Waals surface area contributed by atoms with Crippen LogP contribution >= 0.6 is 7.82 Å². The van der Waals surface area contributed by atoms with Crippen LogP contribution in [0.5, 0.6) is 0 Å². The maximum atomic E-state index is 11.6. The Balaban J connectivity index is 4.13. The monoisotopic (exact) mass is 262 g/mol. The number of phosphoric acid groups is 1. The van der Waals surface area contributed by atoms with E-state index < -0.39 is 30.3 Å². The molecule has 9 heteroatoms. The second kappa shape index (κ2) is 6.57. The van der Waals surface area contributed by atoms with Crippen LogP contribution in [0.1, 0.15) is 13.8 Å². The van der Waals surface area contributed by atoms with Gasteiger partial charge in [0.05, 0.1) is 25.6 Å². The van der Waals surface area contributed by atoms with Crippen molar-refractivity contribution in [1.82, 2.24) is 0 Å². The molecule has 0 aliphatic rings. The second-order valence-electron chi connectivity index (χ2n) is 2.40. The van der Waals surface area contributed by atoms with Gasteiger partial charge in [0, 0.05) is 0 Å². The normalized spacial score (nSPS) is 13.0. The Labute approximate surface area is 89.1 Å². The lowest BCUT2D eigenvalue weighted by Gasteiger charge is -2.15. The van der Waals surface area contributed by atoms with Crippen LogP contribution in [0.4, 0.5) is 0 Å². The standard InChI is InChI=1S/C6H15O7PS/c1-3-11-14(7,12-4-2)13-5-6-15(8,9)10/h3-6H2,1-2H3,(H,8,9,10). The summed E-state index contributed by atoms with van der Waals surface area (Å²) in [5, 5.41) is 0. The smallest absolute Gasteiger partial charge is 0.287 e. The zero-order chi connectivity index (χ0) is 11.9. The Kier molecular flexibility index (Phi) is 6.58. The molecule has 0 unspecified atom stereocenters. The first-order valence-corrected chi connectivity index (χ1v) is 7.38. The summed E-state index contributed by atoms with van der Waals surface area (Å²) in [6.45, 7) is 2.97. The fourth-order valence-corrected chi connectivity index (χ4v) is 2.27. The van der Waals surface area contributed by atoms with Crippen LogP contribution in [-0.2, 0) is 28.3 Å². The Morgan fingerprint density at radius 1 is 1.13 bits per heavy atom. The Hall–Kier alpha value is 0.0200. The number of phosphoric ester groups is 1. The van der Waals surface area contributed by atoms with E-state index in [4.69, 9.17) is 13.6 Å². The predicted octanol–water partition coefficient (Wildman–Crippen LogP) is 1.07. The van der Waals surface area contributed by atoms with E-state index in [0.717, 1.165) is 0 Å². The van der Waals surface area contributed by atoms with Gasteiger partial charge in [-0.3, -0.25) is 18.1 Å². The largest absolute Gasteiger partial charge is 0.474 e. The molecule has 0 saturated heterocycles. The molecular formula is C6H15O7PS. The van der Waals surface area contributed by atoms with E-state index in [1.54, 1.807) is 13.8 Å². The van der Waals surface area contributed by atoms with E-state index in [2.05, 4.69) is 4.52 Å². The van der Waals surface area contributed by atoms with Gasteiger partial charge in [-0.25, -0.2) is 4.57 Å². The van der Waals surface area contributed by atoms with Crippen molar-refractivity contribution >= 4 is 17.9 Å². The molecule has 0 bridgehead atoms. The van der Waals surface area contributed by atoms with Crippen molar-refractivity contribution in [3.63, 3.8) is 0 Å². The van der Waals surface area contributed by atoms with E-state index in [1.807, 2.05) is 0 Å². The SMILES string of the molecule is CCOP(=O)(OCC)OCCS(=O)(=O)O. The summed E-state index contributed by atoms with van der Waals surface area (Å²) in [5.74, 6) is -0.656. The first-order valence-electron chi connectivity index (χ1n) is 4.32. The number of rotatable bonds is 8. The van der Waals surface area contributed by atoms with Gasteiger partial charge in [0.25, 0.3) is 10.1 Å². The molecule has 0 rings (SSSR count). The first kappa shape index (κ1) is 15.0. The van der Waals surface area contributed by atoms with Gasteiger partial charge in [0.2, 0.25) is 0 Å². The van der Waals surface area contributed by atoms with Gasteiger partial charge in [0.15, 0.2) is 0 Å². The van der Waals surface area contributed by atoms with Crippen LogP contribution in [0.15, 0.2) is 0 Å². The molecule has 0 heterocycles. The molecular weight excluding hydrogens is 247 g/mol. The molecule has 0 fully saturated rings. The van der Waals surface area contributed by atoms with E-state index in [0.29, 0.717) is 0 Å². The molecule has 1 N–H and O–H groups in total. The number of hydrogen-bond acceptors (Lipinski definition) is 6. The van der Waals surface area contributed by atoms with Crippen molar-refractivity contribution in [2.45, 2.75) is 13.8 Å². The third kappa shape index (κ3) is 7.89. The summed E-state index contributed by atoms with van der Waals surface area (Å²) in [5.41, 5.74) is 0. The Bertz CT molecular complexity index is 301. The van der Waals surface area contributed by atoms with Crippen LogP contribution in [0.2, 0.25) is 0 Å². The van der Waals surface area contributed by atoms with Crippen LogP contribution in [0.3, 0.4) is 0 Å². The molecule has 0 aromatic carbocycles. The Morgan fingerprint density at radius 3 is 1.93 bits per heavy atom. The van der Waals surface area contributed by atoms with Gasteiger partial charge in [-0.05, 0) is 13.8 Å². The topological polar surface area (TPSA) is 99.1 Å². The van der Waals surface area contributed by atoms with Gasteiger partial charge in [-0.2, -0.15) is 8.42 Å². The highest BCUT2D eigenvalue weighted by Crippen LogP contribution is 2.48. The average Bonchev–Trinajstić information content (AvgIpc) is 2.01. The summed E-state index contributed by atoms with van der Waals surface area (Å²) in [6, 6.07) is 0. The first-order chi connectivity index (χ1) is 6.83. The molecule has 0 aromatic rings. The van der Waals surface area contributed by atoms with E-state index in [1.165, 1.54) is 0 Å². The summed E-state index contributed by atoms with van der Waals surface area (Å²) in [7, 11) is -7.81. The van der Waals surface area contributed by atoms with Crippen LogP contribution in [0, 0.1) is 0 Å². The molecule has 0 atom stereocenters. The third-order valence-electron chi connectivity index (χ3n) is 1.17. The fourth-order valence-electron chi connectivity index (χ4n) is 0.682. The molecule has 7 nitrogen and oxygen atoms in total. The molecule has 15 heavy (non-hydrogen) atoms. The molecule has 0 spiro atoms. The summed E-state index contributed by atoms with van der Waals surface area (Å²) in [4.78, 5) is 0. The molecule has 0 amide bonds. The maximum absolute atomic E-state index is 11.6. The van der Waals surface area contributed by atoms with Crippen LogP contribution in [-0.4, -0.2) is 38.5 Å². The van der Waals surface area contributed by atoms with E-state index in [9.17, 15) is 13.0 Å². The summed E-state index contributed by atoms with van der Waals surface area (Å²) in [6.07, 6.45) is 0. The van der Waals surface area contributed by atoms with Crippen LogP contribution < -0.4 is 0 Å². The molecule has 92 valence electrons. The van der Waals surface area contributed by atoms with Gasteiger partial charge in [-0.1, -0.05) is 0 Å². The highest BCUT2D eigenvalue weighted by atomic mass is 32.2. The minimum Gasteiger partial charge on any atom is -0.287 e. The summed E-state index contributed by atoms with van der Waals surface area (Å²) >= 11 is 0. The highest BCUT2D eigenvalue weighted by molar-refractivity contribution is 7.85. The molecule has 0 radical (unpaired) electrons. The van der Waals surface area contributed by atoms with Crippen molar-refractivity contribution in [2.24, 2.45) is 0 Å². The highest BCUT2D eigenvalue weighted by Gasteiger charge is 2.25. The zero-order valence-corrected chi connectivity index (χ0v) is 10.3. The average molecular weight is 262 g/mol. The van der Waals surface area contributed by atoms with E-state index in [-0.39, 0.29) is 13.2 Å². The van der Waals surface area contributed by atoms with Crippen LogP contribution in [0.25, 0.3) is 0 Å². The van der Waals surface area contributed by atoms with Crippen molar-refractivity contribution in [1.29, 1.82) is 0 Å². The van der Waals surface area contributed by atoms with Gasteiger partial charge >= 0.3 is 7.82 Å². The zero-order valence-electron chi connectivity index (χ0n) is 8.58. The quantitative estimate of drug-likeness (QED) is 0.516. The van der Waals surface area contributed by atoms with E-state index >= 15 is 0 Å². The number of hydrogen-bond donors (Lipinski definition) is 1. The van der Waals surface area contributed by atoms with Gasteiger partial charge < -0.3 is 0 Å². The van der Waals surface area contributed by atoms with Crippen molar-refractivity contribution in [3.05, 3.63) is 0 Å². The Morgan fingerprint density at radius 2 is 1.60 bits per heavy atom. The van der Waals surface area contributed by atoms with Crippen molar-refractivity contribution < 1.29 is 31.1 Å². The van der Waals surface area contributed by atoms with Crippen molar-refractivity contribution in [3.8, 4) is 0 Å². The summed E-state index contributed by atoms with van der Waals surface area (Å²) < 4.78 is 54.7. The lowest BCUT2D eigenvalue weighted by molar-refractivity contribution is 0.126. The predicted molar refractivity (Wildman–Crippen MR) is 53.2 cm³/mol. The molecule has 0 aliphatic heterocycles. The maximum Gasteiger partial charge on any atom is 0.474 e. The second-order valence-corrected chi connectivity index (χ2v) is 5.64. The molecule has 0 saturated carbocycles. The fraction of sp³-hybridized carbons (Fsp3) is 1.00. The minimum absolute atomic E-state index is 0.114. The van der Waals surface area contributed by atoms with Gasteiger partial charge in [-0.15, -0.1) is 0 Å². The molecule has 0 aromatic heterocycles. The molecule has 0 aliphatic carbocycles. The lowest BCUT2D eigenvalue weighted by Crippen LogP contribution is -2.11.